The van der Waals surface area contributed by atoms with Crippen molar-refractivity contribution < 1.29 is 4.57 Å². The Morgan fingerprint density at radius 1 is 0.630 bits per heavy atom. The number of hydrogen-bond donors (Lipinski definition) is 1. The average Bonchev–Trinajstić information content (AvgIpc) is 3.44. The van der Waals surface area contributed by atoms with Crippen molar-refractivity contribution >= 4 is 23.1 Å². The van der Waals surface area contributed by atoms with Crippen molar-refractivity contribution in [2.45, 2.75) is 5.41 Å². The second-order valence-corrected chi connectivity index (χ2v) is 14.5. The molecule has 0 radical (unpaired) electrons. The van der Waals surface area contributed by atoms with Crippen LogP contribution in [0.15, 0.2) is 182 Å². The first kappa shape index (κ1) is 29.7. The molecular formula is C43H36NOP. The van der Waals surface area contributed by atoms with E-state index in [2.05, 4.69) is 115 Å². The fourth-order valence-corrected chi connectivity index (χ4v) is 9.76. The topological polar surface area (TPSA) is 29.1 Å². The molecule has 0 aliphatic heterocycles. The van der Waals surface area contributed by atoms with Gasteiger partial charge in [0, 0.05) is 22.5 Å². The standard InChI is InChI=1S/C43H36NOP/c1-32(16-15-31-44-2)43(34-17-6-3-7-18-34)40-25-13-12-23-39(40)42-38(24-14-26-41(42)43)33-27-29-37(30-28-33)46(45,35-19-8-4-9-20-35)36-21-10-5-11-22-36/h3-30,44H,1,31H2,2H3/b16-15-. The Morgan fingerprint density at radius 2 is 1.15 bits per heavy atom. The summed E-state index contributed by atoms with van der Waals surface area (Å²) in [6.07, 6.45) is 4.31. The lowest BCUT2D eigenvalue weighted by atomic mass is 9.67. The SMILES string of the molecule is C=C(/C=C\CNC)C1(c2ccccc2)c2ccccc2-c2c(-c3ccc(P(=O)(c4ccccc4)c4ccccc4)cc3)cccc21. The number of benzene rings is 6. The van der Waals surface area contributed by atoms with Crippen LogP contribution in [0.1, 0.15) is 16.7 Å². The van der Waals surface area contributed by atoms with Crippen molar-refractivity contribution in [2.75, 3.05) is 13.6 Å². The van der Waals surface area contributed by atoms with Crippen molar-refractivity contribution in [1.82, 2.24) is 5.32 Å². The zero-order chi connectivity index (χ0) is 31.6. The summed E-state index contributed by atoms with van der Waals surface area (Å²) in [5.74, 6) is 0. The molecule has 7 rings (SSSR count). The number of allylic oxidation sites excluding steroid dienone is 2. The molecule has 2 nitrogen and oxygen atoms in total. The van der Waals surface area contributed by atoms with E-state index in [-0.39, 0.29) is 0 Å². The summed E-state index contributed by atoms with van der Waals surface area (Å²) < 4.78 is 15.0. The summed E-state index contributed by atoms with van der Waals surface area (Å²) in [6, 6.07) is 54.2. The molecule has 1 unspecified atom stereocenters. The quantitative estimate of drug-likeness (QED) is 0.131. The van der Waals surface area contributed by atoms with Crippen molar-refractivity contribution in [3.05, 3.63) is 199 Å². The first-order valence-corrected chi connectivity index (χ1v) is 17.4. The summed E-state index contributed by atoms with van der Waals surface area (Å²) in [4.78, 5) is 0. The summed E-state index contributed by atoms with van der Waals surface area (Å²) in [6.45, 7) is 5.47. The van der Waals surface area contributed by atoms with Crippen LogP contribution in [0.3, 0.4) is 0 Å². The third kappa shape index (κ3) is 4.74. The van der Waals surface area contributed by atoms with E-state index >= 15 is 4.57 Å². The normalized spacial score (nSPS) is 15.4. The van der Waals surface area contributed by atoms with Crippen LogP contribution in [0.2, 0.25) is 0 Å². The van der Waals surface area contributed by atoms with E-state index in [9.17, 15) is 0 Å². The molecule has 0 heterocycles. The molecule has 0 saturated heterocycles. The lowest BCUT2D eigenvalue weighted by Gasteiger charge is -2.34. The van der Waals surface area contributed by atoms with Gasteiger partial charge in [0.2, 0.25) is 0 Å². The highest BCUT2D eigenvalue weighted by molar-refractivity contribution is 7.85. The molecule has 6 aromatic rings. The fourth-order valence-electron chi connectivity index (χ4n) is 7.12. The zero-order valence-electron chi connectivity index (χ0n) is 25.9. The molecule has 1 aliphatic carbocycles. The number of rotatable bonds is 9. The summed E-state index contributed by atoms with van der Waals surface area (Å²) >= 11 is 0. The molecule has 1 N–H and O–H groups in total. The minimum atomic E-state index is -3.07. The van der Waals surface area contributed by atoms with Crippen LogP contribution in [0.5, 0.6) is 0 Å². The van der Waals surface area contributed by atoms with Crippen molar-refractivity contribution in [2.24, 2.45) is 0 Å². The summed E-state index contributed by atoms with van der Waals surface area (Å²) in [7, 11) is -1.11. The van der Waals surface area contributed by atoms with Gasteiger partial charge in [-0.15, -0.1) is 0 Å². The van der Waals surface area contributed by atoms with Crippen LogP contribution in [-0.4, -0.2) is 13.6 Å². The van der Waals surface area contributed by atoms with E-state index < -0.39 is 12.6 Å². The molecule has 0 bridgehead atoms. The highest BCUT2D eigenvalue weighted by Gasteiger charge is 2.46. The summed E-state index contributed by atoms with van der Waals surface area (Å²) in [5.41, 5.74) is 8.80. The van der Waals surface area contributed by atoms with Crippen LogP contribution >= 0.6 is 7.14 Å². The summed E-state index contributed by atoms with van der Waals surface area (Å²) in [5, 5.41) is 5.71. The predicted octanol–water partition coefficient (Wildman–Crippen LogP) is 8.64. The van der Waals surface area contributed by atoms with Gasteiger partial charge in [-0.2, -0.15) is 0 Å². The Labute approximate surface area is 272 Å². The smallest absolute Gasteiger partial charge is 0.171 e. The maximum Gasteiger partial charge on any atom is 0.171 e. The molecule has 0 saturated carbocycles. The Balaban J connectivity index is 1.42. The lowest BCUT2D eigenvalue weighted by molar-refractivity contribution is 0.592. The van der Waals surface area contributed by atoms with Gasteiger partial charge in [0.1, 0.15) is 0 Å². The highest BCUT2D eigenvalue weighted by atomic mass is 31.2. The molecule has 1 aliphatic rings. The van der Waals surface area contributed by atoms with Crippen molar-refractivity contribution in [3.63, 3.8) is 0 Å². The molecule has 0 fully saturated rings. The van der Waals surface area contributed by atoms with Crippen LogP contribution < -0.4 is 21.2 Å². The van der Waals surface area contributed by atoms with Gasteiger partial charge >= 0.3 is 0 Å². The van der Waals surface area contributed by atoms with Gasteiger partial charge in [0.25, 0.3) is 0 Å². The van der Waals surface area contributed by atoms with E-state index in [4.69, 9.17) is 6.58 Å². The molecule has 0 amide bonds. The maximum absolute atomic E-state index is 15.0. The fraction of sp³-hybridized carbons (Fsp3) is 0.0698. The lowest BCUT2D eigenvalue weighted by Crippen LogP contribution is -2.28. The Kier molecular flexibility index (Phi) is 8.01. The van der Waals surface area contributed by atoms with E-state index in [1.54, 1.807) is 0 Å². The van der Waals surface area contributed by atoms with Gasteiger partial charge in [-0.05, 0) is 51.6 Å². The second-order valence-electron chi connectivity index (χ2n) is 11.7. The monoisotopic (exact) mass is 613 g/mol. The number of likely N-dealkylation sites (N-methyl/N-ethyl adjacent to an activating group) is 1. The van der Waals surface area contributed by atoms with Gasteiger partial charge in [-0.3, -0.25) is 0 Å². The van der Waals surface area contributed by atoms with E-state index in [1.807, 2.05) is 67.7 Å². The molecular weight excluding hydrogens is 577 g/mol. The minimum Gasteiger partial charge on any atom is -0.316 e. The van der Waals surface area contributed by atoms with Gasteiger partial charge in [0.05, 0.1) is 5.41 Å². The van der Waals surface area contributed by atoms with E-state index in [1.165, 1.54) is 27.8 Å². The van der Waals surface area contributed by atoms with Gasteiger partial charge in [-0.1, -0.05) is 176 Å². The van der Waals surface area contributed by atoms with Gasteiger partial charge < -0.3 is 9.88 Å². The van der Waals surface area contributed by atoms with E-state index in [0.29, 0.717) is 0 Å². The van der Waals surface area contributed by atoms with Gasteiger partial charge in [-0.25, -0.2) is 0 Å². The first-order chi connectivity index (χ1) is 22.6. The average molecular weight is 614 g/mol. The van der Waals surface area contributed by atoms with E-state index in [0.717, 1.165) is 39.2 Å². The Bertz CT molecular complexity index is 2040. The number of fused-ring (bicyclic) bond motifs is 3. The third-order valence-electron chi connectivity index (χ3n) is 9.18. The molecule has 46 heavy (non-hydrogen) atoms. The first-order valence-electron chi connectivity index (χ1n) is 15.7. The predicted molar refractivity (Wildman–Crippen MR) is 195 cm³/mol. The number of nitrogens with one attached hydrogen (secondary N) is 1. The van der Waals surface area contributed by atoms with Gasteiger partial charge in [0.15, 0.2) is 7.14 Å². The van der Waals surface area contributed by atoms with Crippen molar-refractivity contribution in [1.29, 1.82) is 0 Å². The van der Waals surface area contributed by atoms with Crippen LogP contribution in [0, 0.1) is 0 Å². The zero-order valence-corrected chi connectivity index (χ0v) is 26.8. The highest BCUT2D eigenvalue weighted by Crippen LogP contribution is 2.58. The van der Waals surface area contributed by atoms with Crippen LogP contribution in [-0.2, 0) is 9.98 Å². The molecule has 6 aromatic carbocycles. The third-order valence-corrected chi connectivity index (χ3v) is 12.3. The number of hydrogen-bond acceptors (Lipinski definition) is 2. The van der Waals surface area contributed by atoms with Crippen molar-refractivity contribution in [3.8, 4) is 22.3 Å². The van der Waals surface area contributed by atoms with Crippen LogP contribution in [0.25, 0.3) is 22.3 Å². The maximum atomic E-state index is 15.0. The molecule has 0 aromatic heterocycles. The molecule has 224 valence electrons. The minimum absolute atomic E-state index is 0.538. The van der Waals surface area contributed by atoms with Crippen LogP contribution in [0.4, 0.5) is 0 Å². The molecule has 0 spiro atoms. The second kappa shape index (κ2) is 12.4. The molecule has 1 atom stereocenters. The largest absolute Gasteiger partial charge is 0.316 e. The Morgan fingerprint density at radius 3 is 1.78 bits per heavy atom. The Hall–Kier alpha value is -5.01. The molecule has 3 heteroatoms.